The number of aliphatic hydroxyl groups is 2. The van der Waals surface area contributed by atoms with Crippen molar-refractivity contribution in [2.45, 2.75) is 50.5 Å². The molecule has 0 radical (unpaired) electrons. The lowest BCUT2D eigenvalue weighted by molar-refractivity contribution is -0.165. The van der Waals surface area contributed by atoms with Crippen LogP contribution in [0.15, 0.2) is 35.7 Å². The molecule has 1 fully saturated rings. The number of ether oxygens (including phenoxy) is 1. The number of piperidine rings is 1. The molecule has 2 aliphatic rings. The van der Waals surface area contributed by atoms with Crippen LogP contribution in [0.3, 0.4) is 0 Å². The highest BCUT2D eigenvalue weighted by Crippen LogP contribution is 2.45. The second-order valence-electron chi connectivity index (χ2n) is 9.86. The molecule has 3 aromatic rings. The largest absolute Gasteiger partial charge is 0.479 e. The van der Waals surface area contributed by atoms with Gasteiger partial charge in [0.25, 0.3) is 0 Å². The third-order valence-electron chi connectivity index (χ3n) is 7.14. The summed E-state index contributed by atoms with van der Waals surface area (Å²) < 4.78 is 21.9. The van der Waals surface area contributed by atoms with Gasteiger partial charge in [-0.3, -0.25) is 4.90 Å². The Morgan fingerprint density at radius 1 is 1.26 bits per heavy atom. The predicted molar refractivity (Wildman–Crippen MR) is 148 cm³/mol. The average Bonchev–Trinajstić information content (AvgIpc) is 3.54. The maximum atomic E-state index is 13.9. The zero-order valence-corrected chi connectivity index (χ0v) is 23.8. The van der Waals surface area contributed by atoms with Crippen molar-refractivity contribution >= 4 is 29.5 Å². The number of carboxylic acid groups (broad SMARTS) is 2. The number of fused-ring (bicyclic) bond motifs is 2. The molecule has 226 valence electrons. The van der Waals surface area contributed by atoms with Crippen LogP contribution in [0.1, 0.15) is 40.1 Å². The highest BCUT2D eigenvalue weighted by atomic mass is 32.1. The van der Waals surface area contributed by atoms with Crippen LogP contribution in [-0.2, 0) is 37.7 Å². The van der Waals surface area contributed by atoms with E-state index in [1.54, 1.807) is 23.2 Å². The third kappa shape index (κ3) is 6.99. The first kappa shape index (κ1) is 31.2. The summed E-state index contributed by atoms with van der Waals surface area (Å²) in [7, 11) is 1.51. The lowest BCUT2D eigenvalue weighted by Crippen LogP contribution is -2.45. The van der Waals surface area contributed by atoms with Crippen LogP contribution in [0.5, 0.6) is 0 Å². The Bertz CT molecular complexity index is 1420. The van der Waals surface area contributed by atoms with Crippen LogP contribution in [0.4, 0.5) is 4.39 Å². The van der Waals surface area contributed by atoms with E-state index >= 15 is 0 Å². The number of hydrogen-bond acceptors (Lipinski definition) is 11. The molecule has 2 aliphatic heterocycles. The van der Waals surface area contributed by atoms with Crippen LogP contribution in [0.2, 0.25) is 0 Å². The Balaban J connectivity index is 0.000000349. The Morgan fingerprint density at radius 2 is 1.95 bits per heavy atom. The summed E-state index contributed by atoms with van der Waals surface area (Å²) >= 11 is 1.26. The number of hydrogen-bond donors (Lipinski definition) is 4. The number of oxime groups is 1. The van der Waals surface area contributed by atoms with Crippen LogP contribution in [0.25, 0.3) is 5.82 Å². The molecule has 2 atom stereocenters. The van der Waals surface area contributed by atoms with Crippen molar-refractivity contribution in [2.24, 2.45) is 5.16 Å². The zero-order chi connectivity index (χ0) is 30.4. The molecule has 5 rings (SSSR count). The quantitative estimate of drug-likeness (QED) is 0.217. The molecule has 1 saturated heterocycles. The van der Waals surface area contributed by atoms with Gasteiger partial charge < -0.3 is 30.0 Å². The molecule has 15 heteroatoms. The van der Waals surface area contributed by atoms with Crippen LogP contribution < -0.4 is 0 Å². The number of aryl methyl sites for hydroxylation is 1. The molecule has 5 heterocycles. The molecule has 13 nitrogen and oxygen atoms in total. The number of aliphatic hydroxyl groups excluding tert-OH is 2. The maximum absolute atomic E-state index is 13.9. The van der Waals surface area contributed by atoms with Gasteiger partial charge in [-0.05, 0) is 49.9 Å². The van der Waals surface area contributed by atoms with Crippen molar-refractivity contribution in [1.82, 2.24) is 19.7 Å². The maximum Gasteiger partial charge on any atom is 0.335 e. The normalized spacial score (nSPS) is 17.7. The molecule has 42 heavy (non-hydrogen) atoms. The van der Waals surface area contributed by atoms with E-state index in [1.807, 2.05) is 25.3 Å². The molecule has 0 aromatic carbocycles. The van der Waals surface area contributed by atoms with Gasteiger partial charge in [0.1, 0.15) is 12.7 Å². The summed E-state index contributed by atoms with van der Waals surface area (Å²) in [6, 6.07) is 5.48. The Labute approximate surface area is 244 Å². The highest BCUT2D eigenvalue weighted by Gasteiger charge is 2.42. The van der Waals surface area contributed by atoms with Gasteiger partial charge in [0.05, 0.1) is 18.5 Å². The molecular formula is C27H32FN5O8S. The summed E-state index contributed by atoms with van der Waals surface area (Å²) in [5, 5.41) is 41.0. The molecular weight excluding hydrogens is 573 g/mol. The number of carboxylic acids is 2. The third-order valence-corrected chi connectivity index (χ3v) is 8.29. The first-order valence-corrected chi connectivity index (χ1v) is 13.9. The van der Waals surface area contributed by atoms with Gasteiger partial charge in [0, 0.05) is 48.0 Å². The minimum atomic E-state index is -2.27. The number of thiophene rings is 1. The minimum Gasteiger partial charge on any atom is -0.479 e. The highest BCUT2D eigenvalue weighted by molar-refractivity contribution is 7.10. The standard InChI is InChI=1S/C23H26FN5O2S.C4H6O6/c1-16-19(15-29(27-16)22-18(13-26-30-2)4-3-8-25-22)14-28-9-6-23(7-10-28)21-17(5-11-31-23)12-20(24)32-21;5-1(3(7)8)2(6)4(9)10/h3-4,8,12-13,15H,5-7,9-11,14H2,1-2H3;1-2,5-6H,(H,7,8)(H,9,10)/t;1-,2-/m.1/s1. The van der Waals surface area contributed by atoms with Crippen molar-refractivity contribution in [3.05, 3.63) is 63.0 Å². The van der Waals surface area contributed by atoms with E-state index in [0.717, 1.165) is 66.2 Å². The van der Waals surface area contributed by atoms with E-state index in [2.05, 4.69) is 15.0 Å². The lowest BCUT2D eigenvalue weighted by atomic mass is 9.85. The molecule has 0 aliphatic carbocycles. The van der Waals surface area contributed by atoms with Crippen LogP contribution in [-0.4, -0.2) is 97.3 Å². The number of nitrogens with zero attached hydrogens (tertiary/aromatic N) is 5. The van der Waals surface area contributed by atoms with Crippen molar-refractivity contribution in [3.8, 4) is 5.82 Å². The molecule has 3 aromatic heterocycles. The smallest absolute Gasteiger partial charge is 0.335 e. The van der Waals surface area contributed by atoms with Crippen LogP contribution in [0, 0.1) is 12.1 Å². The summed E-state index contributed by atoms with van der Waals surface area (Å²) in [5.74, 6) is -2.83. The number of carbonyl (C=O) groups is 2. The van der Waals surface area contributed by atoms with Gasteiger partial charge in [-0.1, -0.05) is 5.16 Å². The monoisotopic (exact) mass is 605 g/mol. The van der Waals surface area contributed by atoms with E-state index in [0.29, 0.717) is 12.4 Å². The molecule has 0 unspecified atom stereocenters. The average molecular weight is 606 g/mol. The van der Waals surface area contributed by atoms with E-state index in [-0.39, 0.29) is 10.7 Å². The molecule has 0 amide bonds. The second-order valence-corrected chi connectivity index (χ2v) is 10.9. The Kier molecular flexibility index (Phi) is 10.0. The van der Waals surface area contributed by atoms with Gasteiger partial charge >= 0.3 is 11.9 Å². The molecule has 4 N–H and O–H groups in total. The minimum absolute atomic E-state index is 0.102. The van der Waals surface area contributed by atoms with Gasteiger partial charge in [0.2, 0.25) is 0 Å². The summed E-state index contributed by atoms with van der Waals surface area (Å²) in [6.07, 6.45) is 3.45. The number of halogens is 1. The van der Waals surface area contributed by atoms with Crippen LogP contribution >= 0.6 is 11.3 Å². The van der Waals surface area contributed by atoms with Gasteiger partial charge in [-0.25, -0.2) is 19.3 Å². The number of pyridine rings is 1. The topological polar surface area (TPSA) is 180 Å². The Hall–Kier alpha value is -3.76. The van der Waals surface area contributed by atoms with E-state index in [9.17, 15) is 14.0 Å². The summed E-state index contributed by atoms with van der Waals surface area (Å²) in [5.41, 5.74) is 3.78. The van der Waals surface area contributed by atoms with Gasteiger partial charge in [0.15, 0.2) is 23.2 Å². The summed E-state index contributed by atoms with van der Waals surface area (Å²) in [4.78, 5) is 32.4. The van der Waals surface area contributed by atoms with E-state index in [1.165, 1.54) is 18.4 Å². The fourth-order valence-corrected chi connectivity index (χ4v) is 6.05. The van der Waals surface area contributed by atoms with Crippen molar-refractivity contribution in [1.29, 1.82) is 0 Å². The van der Waals surface area contributed by atoms with E-state index < -0.39 is 24.1 Å². The van der Waals surface area contributed by atoms with Gasteiger partial charge in [-0.15, -0.1) is 11.3 Å². The predicted octanol–water partition coefficient (Wildman–Crippen LogP) is 1.70. The van der Waals surface area contributed by atoms with Crippen molar-refractivity contribution in [2.75, 3.05) is 26.8 Å². The number of rotatable bonds is 8. The van der Waals surface area contributed by atoms with Crippen molar-refractivity contribution < 1.29 is 44.0 Å². The SMILES string of the molecule is CON=Cc1cccnc1-n1cc(CN2CCC3(CC2)OCCc2cc(F)sc23)c(C)n1.O=C(O)[C@H](O)[C@@H](O)C(=O)O. The van der Waals surface area contributed by atoms with Crippen molar-refractivity contribution in [3.63, 3.8) is 0 Å². The first-order chi connectivity index (χ1) is 20.0. The fraction of sp³-hybridized carbons (Fsp3) is 0.444. The summed E-state index contributed by atoms with van der Waals surface area (Å²) in [6.45, 7) is 5.31. The Morgan fingerprint density at radius 3 is 2.60 bits per heavy atom. The zero-order valence-electron chi connectivity index (χ0n) is 23.0. The number of aromatic nitrogens is 3. The second kappa shape index (κ2) is 13.5. The fourth-order valence-electron chi connectivity index (χ4n) is 4.91. The first-order valence-electron chi connectivity index (χ1n) is 13.1. The number of aliphatic carboxylic acids is 2. The lowest BCUT2D eigenvalue weighted by Gasteiger charge is -2.43. The van der Waals surface area contributed by atoms with Gasteiger partial charge in [-0.2, -0.15) is 9.49 Å². The van der Waals surface area contributed by atoms with E-state index in [4.69, 9.17) is 35.1 Å². The molecule has 0 saturated carbocycles. The molecule has 1 spiro atoms. The number of likely N-dealkylation sites (tertiary alicyclic amines) is 1. The molecule has 0 bridgehead atoms.